The number of anilines is 1. The average Bonchev–Trinajstić information content (AvgIpc) is 2.86. The van der Waals surface area contributed by atoms with Crippen LogP contribution in [0, 0.1) is 11.5 Å². The number of halogens is 1. The fourth-order valence-corrected chi connectivity index (χ4v) is 1.59. The van der Waals surface area contributed by atoms with E-state index < -0.39 is 0 Å². The van der Waals surface area contributed by atoms with Gasteiger partial charge in [-0.3, -0.25) is 0 Å². The van der Waals surface area contributed by atoms with E-state index in [4.69, 9.17) is 27.3 Å². The van der Waals surface area contributed by atoms with Crippen molar-refractivity contribution < 1.29 is 4.74 Å². The minimum Gasteiger partial charge on any atom is -0.495 e. The van der Waals surface area contributed by atoms with Crippen LogP contribution in [0.15, 0.2) is 12.3 Å². The Hall–Kier alpha value is -1.67. The first-order chi connectivity index (χ1) is 8.17. The van der Waals surface area contributed by atoms with Crippen LogP contribution in [0.5, 0.6) is 5.75 Å². The van der Waals surface area contributed by atoms with Crippen molar-refractivity contribution in [2.24, 2.45) is 0 Å². The normalized spacial score (nSPS) is 13.6. The van der Waals surface area contributed by atoms with Gasteiger partial charge in [-0.1, -0.05) is 11.6 Å². The molecule has 1 aromatic heterocycles. The lowest BCUT2D eigenvalue weighted by Gasteiger charge is -2.01. The maximum atomic E-state index is 8.24. The molecule has 0 amide bonds. The minimum absolute atomic E-state index is 0.404. The van der Waals surface area contributed by atoms with Crippen LogP contribution in [0.25, 0.3) is 0 Å². The summed E-state index contributed by atoms with van der Waals surface area (Å²) in [6.07, 6.45) is 5.96. The van der Waals surface area contributed by atoms with Gasteiger partial charge in [0.2, 0.25) is 0 Å². The van der Waals surface area contributed by atoms with Crippen LogP contribution in [-0.2, 0) is 0 Å². The van der Waals surface area contributed by atoms with E-state index in [1.807, 2.05) is 0 Å². The molecule has 2 N–H and O–H groups in total. The molecular formula is C11H15ClN4O. The number of methoxy groups -OCH3 is 1. The molecule has 0 unspecified atom stereocenters. The summed E-state index contributed by atoms with van der Waals surface area (Å²) in [4.78, 5) is 5.54. The first-order valence-electron chi connectivity index (χ1n) is 5.27. The Bertz CT molecular complexity index is 399. The molecule has 1 aliphatic heterocycles. The number of nitriles is 1. The fraction of sp³-hybridized carbons (Fsp3) is 0.455. The number of rotatable bonds is 1. The lowest BCUT2D eigenvalue weighted by Crippen LogP contribution is -2.10. The Labute approximate surface area is 106 Å². The topological polar surface area (TPSA) is 75.2 Å². The molecule has 6 heteroatoms. The van der Waals surface area contributed by atoms with Gasteiger partial charge in [-0.05, 0) is 12.8 Å². The van der Waals surface area contributed by atoms with E-state index in [0.717, 1.165) is 13.1 Å². The molecule has 5 nitrogen and oxygen atoms in total. The largest absolute Gasteiger partial charge is 0.495 e. The molecule has 17 heavy (non-hydrogen) atoms. The molecule has 2 heterocycles. The van der Waals surface area contributed by atoms with Crippen molar-refractivity contribution in [2.45, 2.75) is 12.8 Å². The standard InChI is InChI=1S/C6H7ClN2O.C5H8N2/c1-10-5-2-6(8)9-3-4(5)7;6-5-7-3-1-2-4-7/h2-3H,1H3,(H2,8,9);1-4H2. The zero-order valence-corrected chi connectivity index (χ0v) is 10.4. The predicted octanol–water partition coefficient (Wildman–Crippen LogP) is 1.89. The zero-order valence-electron chi connectivity index (χ0n) is 9.69. The highest BCUT2D eigenvalue weighted by Gasteiger charge is 2.06. The second-order valence-electron chi connectivity index (χ2n) is 3.54. The molecule has 0 radical (unpaired) electrons. The molecule has 0 spiro atoms. The maximum absolute atomic E-state index is 8.24. The number of nitrogens with zero attached hydrogens (tertiary/aromatic N) is 3. The summed E-state index contributed by atoms with van der Waals surface area (Å²) < 4.78 is 4.87. The third-order valence-corrected chi connectivity index (χ3v) is 2.59. The number of hydrogen-bond donors (Lipinski definition) is 1. The number of likely N-dealkylation sites (tertiary alicyclic amines) is 1. The van der Waals surface area contributed by atoms with Crippen LogP contribution in [-0.4, -0.2) is 30.1 Å². The van der Waals surface area contributed by atoms with Gasteiger partial charge in [0.1, 0.15) is 16.6 Å². The number of pyridine rings is 1. The van der Waals surface area contributed by atoms with Crippen LogP contribution in [0.3, 0.4) is 0 Å². The Morgan fingerprint density at radius 2 is 2.18 bits per heavy atom. The fourth-order valence-electron chi connectivity index (χ4n) is 1.41. The minimum atomic E-state index is 0.404. The van der Waals surface area contributed by atoms with E-state index >= 15 is 0 Å². The van der Waals surface area contributed by atoms with Crippen molar-refractivity contribution in [3.05, 3.63) is 17.3 Å². The van der Waals surface area contributed by atoms with Gasteiger partial charge in [0.15, 0.2) is 6.19 Å². The highest BCUT2D eigenvalue weighted by atomic mass is 35.5. The van der Waals surface area contributed by atoms with Crippen molar-refractivity contribution >= 4 is 17.4 Å². The lowest BCUT2D eigenvalue weighted by atomic mass is 10.4. The van der Waals surface area contributed by atoms with Gasteiger partial charge in [0.25, 0.3) is 0 Å². The van der Waals surface area contributed by atoms with E-state index in [-0.39, 0.29) is 0 Å². The third-order valence-electron chi connectivity index (χ3n) is 2.31. The van der Waals surface area contributed by atoms with E-state index in [2.05, 4.69) is 11.2 Å². The molecule has 0 aliphatic carbocycles. The van der Waals surface area contributed by atoms with Crippen molar-refractivity contribution in [1.29, 1.82) is 5.26 Å². The molecule has 0 saturated carbocycles. The first kappa shape index (κ1) is 13.4. The Morgan fingerprint density at radius 1 is 1.53 bits per heavy atom. The molecule has 1 aliphatic rings. The van der Waals surface area contributed by atoms with Crippen molar-refractivity contribution in [3.8, 4) is 11.9 Å². The summed E-state index contributed by atoms with van der Waals surface area (Å²) in [5.74, 6) is 0.954. The van der Waals surface area contributed by atoms with Gasteiger partial charge >= 0.3 is 0 Å². The summed E-state index contributed by atoms with van der Waals surface area (Å²) >= 11 is 5.65. The van der Waals surface area contributed by atoms with Crippen LogP contribution in [0.4, 0.5) is 5.82 Å². The zero-order chi connectivity index (χ0) is 12.7. The highest BCUT2D eigenvalue weighted by Crippen LogP contribution is 2.23. The lowest BCUT2D eigenvalue weighted by molar-refractivity contribution is 0.415. The molecule has 0 aromatic carbocycles. The molecule has 92 valence electrons. The van der Waals surface area contributed by atoms with Gasteiger partial charge in [-0.2, -0.15) is 5.26 Å². The monoisotopic (exact) mass is 254 g/mol. The Kier molecular flexibility index (Phi) is 5.37. The number of nitrogens with two attached hydrogens (primary N) is 1. The molecular weight excluding hydrogens is 240 g/mol. The number of aromatic nitrogens is 1. The second kappa shape index (κ2) is 6.81. The molecule has 2 rings (SSSR count). The molecule has 1 saturated heterocycles. The van der Waals surface area contributed by atoms with Crippen molar-refractivity contribution in [2.75, 3.05) is 25.9 Å². The number of ether oxygens (including phenoxy) is 1. The Morgan fingerprint density at radius 3 is 2.59 bits per heavy atom. The van der Waals surface area contributed by atoms with Crippen molar-refractivity contribution in [1.82, 2.24) is 9.88 Å². The predicted molar refractivity (Wildman–Crippen MR) is 66.6 cm³/mol. The smallest absolute Gasteiger partial charge is 0.179 e. The van der Waals surface area contributed by atoms with E-state index in [1.54, 1.807) is 11.0 Å². The summed E-state index contributed by atoms with van der Waals surface area (Å²) in [6, 6.07) is 1.57. The quantitative estimate of drug-likeness (QED) is 0.775. The number of hydrogen-bond acceptors (Lipinski definition) is 5. The first-order valence-corrected chi connectivity index (χ1v) is 5.65. The van der Waals surface area contributed by atoms with Crippen LogP contribution >= 0.6 is 11.6 Å². The second-order valence-corrected chi connectivity index (χ2v) is 3.95. The van der Waals surface area contributed by atoms with Crippen LogP contribution in [0.2, 0.25) is 5.02 Å². The molecule has 0 bridgehead atoms. The van der Waals surface area contributed by atoms with Gasteiger partial charge in [0, 0.05) is 19.2 Å². The van der Waals surface area contributed by atoms with E-state index in [1.165, 1.54) is 26.1 Å². The summed E-state index contributed by atoms with van der Waals surface area (Å²) in [6.45, 7) is 1.97. The van der Waals surface area contributed by atoms with Gasteiger partial charge < -0.3 is 15.4 Å². The van der Waals surface area contributed by atoms with Crippen molar-refractivity contribution in [3.63, 3.8) is 0 Å². The third kappa shape index (κ3) is 4.37. The Balaban J connectivity index is 0.000000181. The summed E-state index contributed by atoms with van der Waals surface area (Å²) in [5, 5.41) is 8.71. The number of nitrogen functional groups attached to an aromatic ring is 1. The summed E-state index contributed by atoms with van der Waals surface area (Å²) in [5.41, 5.74) is 5.35. The van der Waals surface area contributed by atoms with Gasteiger partial charge in [0.05, 0.1) is 13.3 Å². The molecule has 1 fully saturated rings. The SMILES string of the molecule is COc1cc(N)ncc1Cl.N#CN1CCCC1. The summed E-state index contributed by atoms with van der Waals surface area (Å²) in [7, 11) is 1.53. The molecule has 1 aromatic rings. The van der Waals surface area contributed by atoms with Gasteiger partial charge in [-0.15, -0.1) is 0 Å². The maximum Gasteiger partial charge on any atom is 0.179 e. The van der Waals surface area contributed by atoms with Crippen LogP contribution < -0.4 is 10.5 Å². The van der Waals surface area contributed by atoms with Gasteiger partial charge in [-0.25, -0.2) is 4.98 Å². The highest BCUT2D eigenvalue weighted by molar-refractivity contribution is 6.31. The average molecular weight is 255 g/mol. The van der Waals surface area contributed by atoms with Crippen LogP contribution in [0.1, 0.15) is 12.8 Å². The van der Waals surface area contributed by atoms with E-state index in [0.29, 0.717) is 16.6 Å². The van der Waals surface area contributed by atoms with E-state index in [9.17, 15) is 0 Å². The molecule has 0 atom stereocenters.